The monoisotopic (exact) mass is 387 g/mol. The Bertz CT molecular complexity index is 1120. The topological polar surface area (TPSA) is 67.4 Å². The second-order valence-corrected chi connectivity index (χ2v) is 6.77. The van der Waals surface area contributed by atoms with E-state index in [1.54, 1.807) is 30.5 Å². The van der Waals surface area contributed by atoms with Gasteiger partial charge in [0.25, 0.3) is 5.91 Å². The highest BCUT2D eigenvalue weighted by Gasteiger charge is 2.23. The number of hydrogen-bond donors (Lipinski definition) is 0. The molecule has 2 aromatic heterocycles. The molecule has 4 aromatic rings. The summed E-state index contributed by atoms with van der Waals surface area (Å²) < 4.78 is 6.75. The van der Waals surface area contributed by atoms with Gasteiger partial charge in [-0.3, -0.25) is 4.79 Å². The summed E-state index contributed by atoms with van der Waals surface area (Å²) in [5, 5.41) is 4.44. The first-order valence-corrected chi connectivity index (χ1v) is 9.16. The van der Waals surface area contributed by atoms with E-state index in [2.05, 4.69) is 10.1 Å². The van der Waals surface area contributed by atoms with E-state index in [0.29, 0.717) is 23.1 Å². The molecule has 7 heteroatoms. The molecule has 146 valence electrons. The Hall–Kier alpha value is -3.87. The van der Waals surface area contributed by atoms with E-state index < -0.39 is 0 Å². The van der Waals surface area contributed by atoms with E-state index in [0.717, 1.165) is 11.4 Å². The normalized spacial score (nSPS) is 10.7. The van der Waals surface area contributed by atoms with Gasteiger partial charge in [-0.15, -0.1) is 5.10 Å². The fourth-order valence-electron chi connectivity index (χ4n) is 2.97. The van der Waals surface area contributed by atoms with Crippen molar-refractivity contribution < 1.29 is 9.21 Å². The Labute approximate surface area is 168 Å². The first-order chi connectivity index (χ1) is 14.0. The van der Waals surface area contributed by atoms with Gasteiger partial charge < -0.3 is 14.2 Å². The summed E-state index contributed by atoms with van der Waals surface area (Å²) in [6.07, 6.45) is 1.55. The van der Waals surface area contributed by atoms with Gasteiger partial charge in [-0.05, 0) is 42.5 Å². The zero-order valence-electron chi connectivity index (χ0n) is 16.5. The van der Waals surface area contributed by atoms with Gasteiger partial charge in [-0.2, -0.15) is 9.67 Å². The quantitative estimate of drug-likeness (QED) is 0.514. The molecule has 0 aliphatic carbocycles. The van der Waals surface area contributed by atoms with Crippen molar-refractivity contribution in [3.05, 3.63) is 78.6 Å². The Morgan fingerprint density at radius 3 is 2.38 bits per heavy atom. The summed E-state index contributed by atoms with van der Waals surface area (Å²) in [5.74, 6) is 0.994. The van der Waals surface area contributed by atoms with E-state index in [1.165, 1.54) is 4.68 Å². The number of anilines is 3. The molecule has 0 unspecified atom stereocenters. The highest BCUT2D eigenvalue weighted by molar-refractivity contribution is 5.97. The molecule has 0 saturated carbocycles. The van der Waals surface area contributed by atoms with Gasteiger partial charge >= 0.3 is 0 Å². The average Bonchev–Trinajstić information content (AvgIpc) is 3.43. The molecule has 7 nitrogen and oxygen atoms in total. The van der Waals surface area contributed by atoms with Crippen molar-refractivity contribution in [3.63, 3.8) is 0 Å². The lowest BCUT2D eigenvalue weighted by molar-refractivity contribution is 0.0947. The third kappa shape index (κ3) is 3.62. The number of aromatic nitrogens is 3. The number of rotatable bonds is 5. The molecule has 4 rings (SSSR count). The van der Waals surface area contributed by atoms with Crippen molar-refractivity contribution in [2.24, 2.45) is 0 Å². The maximum Gasteiger partial charge on any atom is 0.281 e. The van der Waals surface area contributed by atoms with Crippen LogP contribution in [0.3, 0.4) is 0 Å². The molecule has 0 fully saturated rings. The summed E-state index contributed by atoms with van der Waals surface area (Å²) in [7, 11) is 5.82. The van der Waals surface area contributed by atoms with Crippen LogP contribution >= 0.6 is 0 Å². The highest BCUT2D eigenvalue weighted by atomic mass is 16.3. The molecule has 2 heterocycles. The summed E-state index contributed by atoms with van der Waals surface area (Å²) >= 11 is 0. The third-order valence-electron chi connectivity index (χ3n) is 4.58. The molecule has 0 aliphatic heterocycles. The van der Waals surface area contributed by atoms with E-state index >= 15 is 0 Å². The second-order valence-electron chi connectivity index (χ2n) is 6.77. The summed E-state index contributed by atoms with van der Waals surface area (Å²) in [6, 6.07) is 20.5. The molecular formula is C22H21N5O2. The molecule has 0 aliphatic rings. The van der Waals surface area contributed by atoms with Crippen LogP contribution in [0.1, 0.15) is 10.4 Å². The number of carbonyl (C=O) groups excluding carboxylic acids is 1. The smallest absolute Gasteiger partial charge is 0.281 e. The largest absolute Gasteiger partial charge is 0.461 e. The van der Waals surface area contributed by atoms with Crippen molar-refractivity contribution >= 4 is 23.2 Å². The highest BCUT2D eigenvalue weighted by Crippen LogP contribution is 2.28. The third-order valence-corrected chi connectivity index (χ3v) is 4.58. The van der Waals surface area contributed by atoms with E-state index in [4.69, 9.17) is 4.42 Å². The molecule has 0 radical (unpaired) electrons. The molecule has 2 aromatic carbocycles. The summed E-state index contributed by atoms with van der Waals surface area (Å²) in [6.45, 7) is 0. The standard InChI is InChI=1S/C22H21N5O2/c1-25(2)17-11-7-12-18(15-17)26(3)22-23-20(19-13-8-14-29-19)24-27(22)21(28)16-9-5-4-6-10-16/h4-15H,1-3H3. The van der Waals surface area contributed by atoms with Crippen LogP contribution in [0.2, 0.25) is 0 Å². The maximum atomic E-state index is 13.2. The number of nitrogens with zero attached hydrogens (tertiary/aromatic N) is 5. The Kier molecular flexibility index (Phi) is 4.87. The number of furan rings is 1. The summed E-state index contributed by atoms with van der Waals surface area (Å²) in [4.78, 5) is 21.6. The second kappa shape index (κ2) is 7.63. The van der Waals surface area contributed by atoms with E-state index in [9.17, 15) is 4.79 Å². The van der Waals surface area contributed by atoms with E-state index in [-0.39, 0.29) is 5.91 Å². The molecule has 29 heavy (non-hydrogen) atoms. The minimum Gasteiger partial charge on any atom is -0.461 e. The first kappa shape index (κ1) is 18.5. The van der Waals surface area contributed by atoms with Crippen molar-refractivity contribution in [1.82, 2.24) is 14.8 Å². The molecule has 0 amide bonds. The van der Waals surface area contributed by atoms with Crippen molar-refractivity contribution in [1.29, 1.82) is 0 Å². The number of carbonyl (C=O) groups is 1. The lowest BCUT2D eigenvalue weighted by atomic mass is 10.2. The van der Waals surface area contributed by atoms with Gasteiger partial charge in [0, 0.05) is 38.1 Å². The van der Waals surface area contributed by atoms with Crippen LogP contribution in [-0.4, -0.2) is 41.8 Å². The van der Waals surface area contributed by atoms with Crippen LogP contribution in [0.25, 0.3) is 11.6 Å². The van der Waals surface area contributed by atoms with Crippen molar-refractivity contribution in [2.45, 2.75) is 0 Å². The predicted molar refractivity (Wildman–Crippen MR) is 113 cm³/mol. The number of hydrogen-bond acceptors (Lipinski definition) is 6. The predicted octanol–water partition coefficient (Wildman–Crippen LogP) is 4.06. The van der Waals surface area contributed by atoms with Crippen LogP contribution in [-0.2, 0) is 0 Å². The van der Waals surface area contributed by atoms with Gasteiger partial charge in [0.05, 0.1) is 6.26 Å². The molecule has 0 N–H and O–H groups in total. The molecule has 0 spiro atoms. The van der Waals surface area contributed by atoms with E-state index in [1.807, 2.05) is 73.4 Å². The fraction of sp³-hybridized carbons (Fsp3) is 0.136. The van der Waals surface area contributed by atoms with Crippen LogP contribution < -0.4 is 9.80 Å². The van der Waals surface area contributed by atoms with Gasteiger partial charge in [0.1, 0.15) is 0 Å². The van der Waals surface area contributed by atoms with Gasteiger partial charge in [-0.1, -0.05) is 24.3 Å². The Morgan fingerprint density at radius 2 is 1.69 bits per heavy atom. The van der Waals surface area contributed by atoms with Gasteiger partial charge in [0.15, 0.2) is 5.76 Å². The average molecular weight is 387 g/mol. The lowest BCUT2D eigenvalue weighted by Crippen LogP contribution is -2.22. The minimum absolute atomic E-state index is 0.262. The van der Waals surface area contributed by atoms with Crippen LogP contribution in [0.15, 0.2) is 77.4 Å². The molecular weight excluding hydrogens is 366 g/mol. The Balaban J connectivity index is 1.81. The SMILES string of the molecule is CN(C)c1cccc(N(C)c2nc(-c3ccco3)nn2C(=O)c2ccccc2)c1. The van der Waals surface area contributed by atoms with Crippen LogP contribution in [0.5, 0.6) is 0 Å². The van der Waals surface area contributed by atoms with Gasteiger partial charge in [-0.25, -0.2) is 0 Å². The van der Waals surface area contributed by atoms with Crippen molar-refractivity contribution in [2.75, 3.05) is 30.9 Å². The zero-order chi connectivity index (χ0) is 20.4. The van der Waals surface area contributed by atoms with Crippen molar-refractivity contribution in [3.8, 4) is 11.6 Å². The molecule has 0 saturated heterocycles. The van der Waals surface area contributed by atoms with Gasteiger partial charge in [0.2, 0.25) is 11.8 Å². The summed E-state index contributed by atoms with van der Waals surface area (Å²) in [5.41, 5.74) is 2.46. The minimum atomic E-state index is -0.262. The fourth-order valence-corrected chi connectivity index (χ4v) is 2.97. The molecule has 0 atom stereocenters. The van der Waals surface area contributed by atoms with Crippen LogP contribution in [0.4, 0.5) is 17.3 Å². The number of benzene rings is 2. The first-order valence-electron chi connectivity index (χ1n) is 9.16. The molecule has 0 bridgehead atoms. The zero-order valence-corrected chi connectivity index (χ0v) is 16.5. The lowest BCUT2D eigenvalue weighted by Gasteiger charge is -2.20. The Morgan fingerprint density at radius 1 is 0.931 bits per heavy atom. The maximum absolute atomic E-state index is 13.2. The van der Waals surface area contributed by atoms with Crippen LogP contribution in [0, 0.1) is 0 Å².